The van der Waals surface area contributed by atoms with Crippen LogP contribution in [0.2, 0.25) is 0 Å². The zero-order chi connectivity index (χ0) is 17.9. The van der Waals surface area contributed by atoms with E-state index in [0.717, 1.165) is 0 Å². The van der Waals surface area contributed by atoms with Crippen molar-refractivity contribution in [1.29, 1.82) is 0 Å². The minimum atomic E-state index is -1.13. The van der Waals surface area contributed by atoms with Gasteiger partial charge in [-0.2, -0.15) is 0 Å². The van der Waals surface area contributed by atoms with Crippen LogP contribution in [0.5, 0.6) is 0 Å². The molecule has 0 radical (unpaired) electrons. The summed E-state index contributed by atoms with van der Waals surface area (Å²) in [7, 11) is 1.65. The second kappa shape index (κ2) is 5.12. The summed E-state index contributed by atoms with van der Waals surface area (Å²) < 4.78 is 1.63. The monoisotopic (exact) mass is 344 g/mol. The van der Waals surface area contributed by atoms with Gasteiger partial charge in [0.15, 0.2) is 11.5 Å². The van der Waals surface area contributed by atoms with E-state index < -0.39 is 23.7 Å². The molecule has 11 nitrogen and oxygen atoms in total. The number of ketones is 1. The van der Waals surface area contributed by atoms with Gasteiger partial charge in [-0.1, -0.05) is 0 Å². The summed E-state index contributed by atoms with van der Waals surface area (Å²) in [6, 6.07) is -0.539. The number of hydrogen-bond donors (Lipinski definition) is 3. The van der Waals surface area contributed by atoms with E-state index in [4.69, 9.17) is 5.53 Å². The van der Waals surface area contributed by atoms with Crippen molar-refractivity contribution in [2.24, 2.45) is 16.4 Å². The summed E-state index contributed by atoms with van der Waals surface area (Å²) in [4.78, 5) is 27.2. The lowest BCUT2D eigenvalue weighted by Crippen LogP contribution is -2.36. The molecule has 130 valence electrons. The summed E-state index contributed by atoms with van der Waals surface area (Å²) in [6.45, 7) is 1.44. The van der Waals surface area contributed by atoms with E-state index in [0.29, 0.717) is 23.4 Å². The summed E-state index contributed by atoms with van der Waals surface area (Å²) >= 11 is 0. The number of anilines is 1. The van der Waals surface area contributed by atoms with Gasteiger partial charge in [-0.15, -0.1) is 0 Å². The molecule has 3 N–H and O–H groups in total. The van der Waals surface area contributed by atoms with Crippen LogP contribution < -0.4 is 5.32 Å². The van der Waals surface area contributed by atoms with E-state index >= 15 is 0 Å². The van der Waals surface area contributed by atoms with Crippen molar-refractivity contribution in [3.8, 4) is 0 Å². The molecule has 2 unspecified atom stereocenters. The van der Waals surface area contributed by atoms with Gasteiger partial charge in [0.2, 0.25) is 5.95 Å². The predicted molar refractivity (Wildman–Crippen MR) is 85.9 cm³/mol. The average molecular weight is 344 g/mol. The fourth-order valence-corrected chi connectivity index (χ4v) is 4.15. The lowest BCUT2D eigenvalue weighted by Gasteiger charge is -2.23. The van der Waals surface area contributed by atoms with Crippen LogP contribution in [0.4, 0.5) is 11.8 Å². The molecular formula is C14H16N8O3. The lowest BCUT2D eigenvalue weighted by atomic mass is 9.95. The lowest BCUT2D eigenvalue weighted by molar-refractivity contribution is -0.128. The van der Waals surface area contributed by atoms with Gasteiger partial charge in [0.05, 0.1) is 23.9 Å². The fraction of sp³-hybridized carbons (Fsp3) is 0.571. The smallest absolute Gasteiger partial charge is 0.220 e. The van der Waals surface area contributed by atoms with Gasteiger partial charge < -0.3 is 20.1 Å². The highest BCUT2D eigenvalue weighted by Gasteiger charge is 2.74. The Morgan fingerprint density at radius 2 is 2.28 bits per heavy atom. The third kappa shape index (κ3) is 1.91. The van der Waals surface area contributed by atoms with Gasteiger partial charge in [-0.05, 0) is 29.9 Å². The predicted octanol–water partition coefficient (Wildman–Crippen LogP) is 0.682. The van der Waals surface area contributed by atoms with Crippen LogP contribution in [-0.4, -0.2) is 54.8 Å². The summed E-state index contributed by atoms with van der Waals surface area (Å²) in [5.41, 5.74) is 8.55. The van der Waals surface area contributed by atoms with Crippen LogP contribution in [0.25, 0.3) is 21.6 Å². The van der Waals surface area contributed by atoms with Crippen molar-refractivity contribution in [1.82, 2.24) is 19.5 Å². The first-order chi connectivity index (χ1) is 12.0. The highest BCUT2D eigenvalue weighted by molar-refractivity contribution is 5.88. The van der Waals surface area contributed by atoms with Gasteiger partial charge in [0.25, 0.3) is 0 Å². The van der Waals surface area contributed by atoms with Crippen LogP contribution in [-0.2, 0) is 4.79 Å². The first-order valence-electron chi connectivity index (χ1n) is 7.80. The van der Waals surface area contributed by atoms with Gasteiger partial charge in [0, 0.05) is 12.0 Å². The van der Waals surface area contributed by atoms with E-state index in [9.17, 15) is 15.0 Å². The molecule has 11 heteroatoms. The van der Waals surface area contributed by atoms with E-state index in [1.165, 1.54) is 13.3 Å². The molecule has 0 spiro atoms. The summed E-state index contributed by atoms with van der Waals surface area (Å²) in [5.74, 6) is -0.0184. The van der Waals surface area contributed by atoms with Crippen LogP contribution in [0.15, 0.2) is 11.4 Å². The highest BCUT2D eigenvalue weighted by atomic mass is 16.3. The van der Waals surface area contributed by atoms with E-state index in [2.05, 4.69) is 30.3 Å². The van der Waals surface area contributed by atoms with Gasteiger partial charge in [-0.25, -0.2) is 15.0 Å². The number of nitrogens with one attached hydrogen (secondary N) is 1. The van der Waals surface area contributed by atoms with E-state index in [1.54, 1.807) is 11.6 Å². The molecule has 4 rings (SSSR count). The number of hydrogen-bond acceptors (Lipinski definition) is 8. The Morgan fingerprint density at radius 3 is 2.88 bits per heavy atom. The Balaban J connectivity index is 1.87. The first-order valence-corrected chi connectivity index (χ1v) is 7.80. The van der Waals surface area contributed by atoms with Crippen LogP contribution in [0, 0.1) is 11.3 Å². The number of rotatable bonds is 4. The standard InChI is InChI=1S/C14H16N8O3/c1-5(23)14-3-6(14)8(9(24)10(14)25)22-4-17-7-11(16-2)18-13(20-21-15)19-12(7)22/h4,6,8-10,24-25H,3H2,1-2H3,(H,16,18,19)/t6?,8-,9+,10?,14+/m1/s1. The average Bonchev–Trinajstić information content (AvgIpc) is 3.13. The number of fused-ring (bicyclic) bond motifs is 2. The molecule has 25 heavy (non-hydrogen) atoms. The normalized spacial score (nSPS) is 33.0. The zero-order valence-corrected chi connectivity index (χ0v) is 13.5. The topological polar surface area (TPSA) is 162 Å². The maximum absolute atomic E-state index is 12.0. The fourth-order valence-electron chi connectivity index (χ4n) is 4.15. The van der Waals surface area contributed by atoms with Gasteiger partial charge in [0.1, 0.15) is 17.4 Å². The van der Waals surface area contributed by atoms with Crippen LogP contribution in [0.1, 0.15) is 19.4 Å². The molecular weight excluding hydrogens is 328 g/mol. The van der Waals surface area contributed by atoms with Crippen molar-refractivity contribution in [2.75, 3.05) is 12.4 Å². The van der Waals surface area contributed by atoms with Crippen molar-refractivity contribution in [2.45, 2.75) is 31.6 Å². The van der Waals surface area contributed by atoms with E-state index in [-0.39, 0.29) is 17.6 Å². The largest absolute Gasteiger partial charge is 0.389 e. The number of carbonyl (C=O) groups is 1. The maximum atomic E-state index is 12.0. The minimum absolute atomic E-state index is 0.0808. The number of aliphatic hydroxyl groups is 2. The van der Waals surface area contributed by atoms with Crippen molar-refractivity contribution in [3.05, 3.63) is 16.8 Å². The Labute approximate surface area is 141 Å². The Kier molecular flexibility index (Phi) is 3.23. The number of aliphatic hydroxyl groups excluding tert-OH is 2. The molecule has 2 aliphatic carbocycles. The van der Waals surface area contributed by atoms with E-state index in [1.807, 2.05) is 0 Å². The second-order valence-electron chi connectivity index (χ2n) is 6.47. The highest BCUT2D eigenvalue weighted by Crippen LogP contribution is 2.68. The molecule has 0 aliphatic heterocycles. The van der Waals surface area contributed by atoms with Gasteiger partial charge in [-0.3, -0.25) is 4.79 Å². The minimum Gasteiger partial charge on any atom is -0.389 e. The molecule has 2 saturated carbocycles. The van der Waals surface area contributed by atoms with Crippen molar-refractivity contribution in [3.63, 3.8) is 0 Å². The number of aromatic nitrogens is 4. The van der Waals surface area contributed by atoms with Crippen molar-refractivity contribution >= 4 is 28.7 Å². The molecule has 5 atom stereocenters. The maximum Gasteiger partial charge on any atom is 0.220 e. The van der Waals surface area contributed by atoms with Crippen LogP contribution in [0.3, 0.4) is 0 Å². The second-order valence-corrected chi connectivity index (χ2v) is 6.47. The molecule has 2 aromatic rings. The molecule has 0 aromatic carbocycles. The molecule has 2 aliphatic rings. The van der Waals surface area contributed by atoms with Crippen LogP contribution >= 0.6 is 0 Å². The van der Waals surface area contributed by atoms with Gasteiger partial charge >= 0.3 is 0 Å². The summed E-state index contributed by atoms with van der Waals surface area (Å²) in [5, 5.41) is 27.2. The third-order valence-electron chi connectivity index (χ3n) is 5.43. The third-order valence-corrected chi connectivity index (χ3v) is 5.43. The molecule has 0 bridgehead atoms. The number of nitrogens with zero attached hydrogens (tertiary/aromatic N) is 7. The molecule has 0 amide bonds. The molecule has 2 heterocycles. The van der Waals surface area contributed by atoms with Crippen molar-refractivity contribution < 1.29 is 15.0 Å². The Bertz CT molecular complexity index is 936. The number of azide groups is 1. The number of Topliss-reactive ketones (excluding diaryl/α,β-unsaturated/α-hetero) is 1. The SMILES string of the molecule is CNc1nc(N=[N+]=[N-])nc2c1ncn2[C@@H]1C2C[C@@]2(C(C)=O)C(O)[C@H]1O. The first kappa shape index (κ1) is 15.8. The molecule has 0 saturated heterocycles. The quantitative estimate of drug-likeness (QED) is 0.417. The Morgan fingerprint density at radius 1 is 1.52 bits per heavy atom. The Hall–Kier alpha value is -2.75. The summed E-state index contributed by atoms with van der Waals surface area (Å²) in [6.07, 6.45) is -0.233. The zero-order valence-electron chi connectivity index (χ0n) is 13.5. The molecule has 2 aromatic heterocycles. The number of imidazole rings is 1. The number of carbonyl (C=O) groups excluding carboxylic acids is 1. The molecule has 2 fully saturated rings.